The Labute approximate surface area is 102 Å². The van der Waals surface area contributed by atoms with Crippen LogP contribution in [-0.2, 0) is 6.18 Å². The maximum absolute atomic E-state index is 12.7. The van der Waals surface area contributed by atoms with Crippen LogP contribution in [0, 0.1) is 11.3 Å². The van der Waals surface area contributed by atoms with Crippen molar-refractivity contribution in [2.24, 2.45) is 11.3 Å². The van der Waals surface area contributed by atoms with Crippen LogP contribution in [0.15, 0.2) is 18.3 Å². The summed E-state index contributed by atoms with van der Waals surface area (Å²) >= 11 is 0. The van der Waals surface area contributed by atoms with Crippen LogP contribution in [0.25, 0.3) is 0 Å². The van der Waals surface area contributed by atoms with Crippen molar-refractivity contribution in [3.8, 4) is 5.75 Å². The quantitative estimate of drug-likeness (QED) is 0.901. The third kappa shape index (κ3) is 1.94. The summed E-state index contributed by atoms with van der Waals surface area (Å²) in [6.07, 6.45) is -2.29. The number of nitrogens with one attached hydrogen (secondary N) is 1. The Bertz CT molecular complexity index is 463. The number of hydrogen-bond donors (Lipinski definition) is 1. The van der Waals surface area contributed by atoms with Gasteiger partial charge in [-0.2, -0.15) is 13.2 Å². The van der Waals surface area contributed by atoms with E-state index < -0.39 is 11.9 Å². The minimum atomic E-state index is -4.47. The van der Waals surface area contributed by atoms with Gasteiger partial charge in [-0.25, -0.2) is 4.98 Å². The zero-order chi connectivity index (χ0) is 12.8. The Morgan fingerprint density at radius 3 is 2.94 bits per heavy atom. The zero-order valence-electron chi connectivity index (χ0n) is 9.63. The molecule has 1 saturated heterocycles. The molecular weight excluding hydrogens is 245 g/mol. The summed E-state index contributed by atoms with van der Waals surface area (Å²) in [4.78, 5) is 3.37. The molecule has 0 bridgehead atoms. The van der Waals surface area contributed by atoms with Crippen LogP contribution < -0.4 is 10.1 Å². The summed E-state index contributed by atoms with van der Waals surface area (Å²) in [5, 5.41) is 3.23. The zero-order valence-corrected chi connectivity index (χ0v) is 9.63. The van der Waals surface area contributed by atoms with E-state index >= 15 is 0 Å². The molecule has 2 heterocycles. The molecule has 18 heavy (non-hydrogen) atoms. The second-order valence-electron chi connectivity index (χ2n) is 5.03. The van der Waals surface area contributed by atoms with Gasteiger partial charge in [0.1, 0.15) is 5.75 Å². The highest BCUT2D eigenvalue weighted by Gasteiger charge is 2.57. The first kappa shape index (κ1) is 11.8. The highest BCUT2D eigenvalue weighted by atomic mass is 19.4. The first-order valence-corrected chi connectivity index (χ1v) is 5.87. The molecule has 2 fully saturated rings. The SMILES string of the molecule is FC(F)(F)c1ncccc1OCC12CNCC1C2. The first-order valence-electron chi connectivity index (χ1n) is 5.87. The van der Waals surface area contributed by atoms with Crippen molar-refractivity contribution >= 4 is 0 Å². The van der Waals surface area contributed by atoms with Crippen molar-refractivity contribution in [2.45, 2.75) is 12.6 Å². The summed E-state index contributed by atoms with van der Waals surface area (Å²) in [5.74, 6) is 0.389. The largest absolute Gasteiger partial charge is 0.491 e. The van der Waals surface area contributed by atoms with E-state index in [0.29, 0.717) is 12.5 Å². The Hall–Kier alpha value is -1.30. The third-order valence-electron chi connectivity index (χ3n) is 3.78. The van der Waals surface area contributed by atoms with Gasteiger partial charge in [0.2, 0.25) is 0 Å². The van der Waals surface area contributed by atoms with Gasteiger partial charge in [0.05, 0.1) is 6.61 Å². The van der Waals surface area contributed by atoms with Gasteiger partial charge in [0, 0.05) is 18.2 Å². The van der Waals surface area contributed by atoms with Crippen LogP contribution in [0.4, 0.5) is 13.2 Å². The molecule has 2 aliphatic rings. The fraction of sp³-hybridized carbons (Fsp3) is 0.583. The molecule has 0 aromatic carbocycles. The maximum Gasteiger partial charge on any atom is 0.437 e. The van der Waals surface area contributed by atoms with Crippen LogP contribution in [0.5, 0.6) is 5.75 Å². The third-order valence-corrected chi connectivity index (χ3v) is 3.78. The second-order valence-corrected chi connectivity index (χ2v) is 5.03. The minimum Gasteiger partial charge on any atom is -0.491 e. The number of aromatic nitrogens is 1. The van der Waals surface area contributed by atoms with Gasteiger partial charge >= 0.3 is 6.18 Å². The van der Waals surface area contributed by atoms with E-state index in [9.17, 15) is 13.2 Å². The number of fused-ring (bicyclic) bond motifs is 1. The number of halogens is 3. The highest BCUT2D eigenvalue weighted by Crippen LogP contribution is 2.55. The average Bonchev–Trinajstić information content (AvgIpc) is 2.88. The number of nitrogens with zero attached hydrogens (tertiary/aromatic N) is 1. The summed E-state index contributed by atoms with van der Waals surface area (Å²) in [6, 6.07) is 2.78. The van der Waals surface area contributed by atoms with Crippen LogP contribution >= 0.6 is 0 Å². The number of ether oxygens (including phenoxy) is 1. The summed E-state index contributed by atoms with van der Waals surface area (Å²) < 4.78 is 43.5. The lowest BCUT2D eigenvalue weighted by molar-refractivity contribution is -0.142. The van der Waals surface area contributed by atoms with E-state index in [-0.39, 0.29) is 11.2 Å². The van der Waals surface area contributed by atoms with Gasteiger partial charge in [0.15, 0.2) is 5.69 Å². The van der Waals surface area contributed by atoms with Crippen molar-refractivity contribution in [3.05, 3.63) is 24.0 Å². The molecular formula is C12H13F3N2O. The monoisotopic (exact) mass is 258 g/mol. The van der Waals surface area contributed by atoms with Crippen molar-refractivity contribution in [1.29, 1.82) is 0 Å². The molecule has 2 unspecified atom stereocenters. The van der Waals surface area contributed by atoms with Crippen molar-refractivity contribution < 1.29 is 17.9 Å². The lowest BCUT2D eigenvalue weighted by atomic mass is 10.1. The number of pyridine rings is 1. The lowest BCUT2D eigenvalue weighted by Crippen LogP contribution is -2.23. The van der Waals surface area contributed by atoms with E-state index in [1.54, 1.807) is 0 Å². The first-order chi connectivity index (χ1) is 8.51. The maximum atomic E-state index is 12.7. The Morgan fingerprint density at radius 1 is 1.50 bits per heavy atom. The van der Waals surface area contributed by atoms with E-state index in [2.05, 4.69) is 10.3 Å². The fourth-order valence-corrected chi connectivity index (χ4v) is 2.60. The van der Waals surface area contributed by atoms with E-state index in [4.69, 9.17) is 4.74 Å². The van der Waals surface area contributed by atoms with Crippen molar-refractivity contribution in [2.75, 3.05) is 19.7 Å². The van der Waals surface area contributed by atoms with Crippen molar-refractivity contribution in [3.63, 3.8) is 0 Å². The van der Waals surface area contributed by atoms with Crippen molar-refractivity contribution in [1.82, 2.24) is 10.3 Å². The molecule has 1 aromatic heterocycles. The Kier molecular flexibility index (Phi) is 2.52. The fourth-order valence-electron chi connectivity index (χ4n) is 2.60. The summed E-state index contributed by atoms with van der Waals surface area (Å²) in [5.41, 5.74) is -0.886. The summed E-state index contributed by atoms with van der Waals surface area (Å²) in [7, 11) is 0. The topological polar surface area (TPSA) is 34.1 Å². The molecule has 98 valence electrons. The van der Waals surface area contributed by atoms with Gasteiger partial charge in [0.25, 0.3) is 0 Å². The Balaban J connectivity index is 1.73. The molecule has 0 amide bonds. The van der Waals surface area contributed by atoms with Gasteiger partial charge in [-0.3, -0.25) is 0 Å². The van der Waals surface area contributed by atoms with Crippen LogP contribution in [-0.4, -0.2) is 24.7 Å². The molecule has 1 aromatic rings. The summed E-state index contributed by atoms with van der Waals surface area (Å²) in [6.45, 7) is 2.11. The van der Waals surface area contributed by atoms with Crippen LogP contribution in [0.2, 0.25) is 0 Å². The molecule has 2 atom stereocenters. The Morgan fingerprint density at radius 2 is 2.33 bits per heavy atom. The van der Waals surface area contributed by atoms with Crippen LogP contribution in [0.3, 0.4) is 0 Å². The molecule has 6 heteroatoms. The van der Waals surface area contributed by atoms with Gasteiger partial charge < -0.3 is 10.1 Å². The number of piperidine rings is 1. The molecule has 0 spiro atoms. The lowest BCUT2D eigenvalue weighted by Gasteiger charge is -2.16. The van der Waals surface area contributed by atoms with E-state index in [0.717, 1.165) is 25.7 Å². The normalized spacial score (nSPS) is 30.1. The average molecular weight is 258 g/mol. The van der Waals surface area contributed by atoms with Crippen LogP contribution in [0.1, 0.15) is 12.1 Å². The molecule has 3 rings (SSSR count). The molecule has 3 nitrogen and oxygen atoms in total. The van der Waals surface area contributed by atoms with E-state index in [1.165, 1.54) is 12.1 Å². The number of alkyl halides is 3. The number of hydrogen-bond acceptors (Lipinski definition) is 3. The minimum absolute atomic E-state index is 0.0543. The predicted octanol–water partition coefficient (Wildman–Crippen LogP) is 2.09. The van der Waals surface area contributed by atoms with Gasteiger partial charge in [-0.1, -0.05) is 0 Å². The smallest absolute Gasteiger partial charge is 0.437 e. The molecule has 0 radical (unpaired) electrons. The highest BCUT2D eigenvalue weighted by molar-refractivity contribution is 5.29. The number of rotatable bonds is 3. The van der Waals surface area contributed by atoms with Gasteiger partial charge in [-0.15, -0.1) is 0 Å². The van der Waals surface area contributed by atoms with E-state index in [1.807, 2.05) is 0 Å². The molecule has 1 N–H and O–H groups in total. The molecule has 1 aliphatic carbocycles. The molecule has 1 saturated carbocycles. The second kappa shape index (κ2) is 3.85. The standard InChI is InChI=1S/C12H13F3N2O/c13-12(14,15)10-9(2-1-3-17-10)18-7-11-4-8(11)5-16-6-11/h1-3,8,16H,4-7H2. The predicted molar refractivity (Wildman–Crippen MR) is 58.1 cm³/mol. The van der Waals surface area contributed by atoms with Gasteiger partial charge in [-0.05, 0) is 31.0 Å². The molecule has 1 aliphatic heterocycles.